The van der Waals surface area contributed by atoms with Gasteiger partial charge in [0, 0.05) is 0 Å². The molecule has 0 heterocycles. The van der Waals surface area contributed by atoms with Gasteiger partial charge in [-0.2, -0.15) is 0 Å². The highest BCUT2D eigenvalue weighted by atomic mass is 16.5. The molecule has 2 aliphatic carbocycles. The van der Waals surface area contributed by atoms with Crippen LogP contribution in [-0.2, 0) is 6.42 Å². The van der Waals surface area contributed by atoms with Crippen LogP contribution in [-0.4, -0.2) is 11.2 Å². The van der Waals surface area contributed by atoms with Crippen molar-refractivity contribution in [1.29, 1.82) is 0 Å². The van der Waals surface area contributed by atoms with Crippen LogP contribution in [0.15, 0.2) is 18.2 Å². The second-order valence-electron chi connectivity index (χ2n) is 5.91. The molecule has 1 aromatic carbocycles. The van der Waals surface area contributed by atoms with Crippen molar-refractivity contribution < 1.29 is 9.84 Å². The number of fused-ring (bicyclic) bond motifs is 1. The molecule has 2 aliphatic rings. The summed E-state index contributed by atoms with van der Waals surface area (Å²) in [6, 6.07) is 6.18. The fourth-order valence-electron chi connectivity index (χ4n) is 3.18. The lowest BCUT2D eigenvalue weighted by Gasteiger charge is -2.27. The first kappa shape index (κ1) is 12.0. The minimum absolute atomic E-state index is 0.260. The number of aliphatic hydroxyl groups is 1. The van der Waals surface area contributed by atoms with Crippen LogP contribution in [0.5, 0.6) is 5.75 Å². The van der Waals surface area contributed by atoms with Gasteiger partial charge >= 0.3 is 0 Å². The summed E-state index contributed by atoms with van der Waals surface area (Å²) in [6.45, 7) is 2.33. The van der Waals surface area contributed by atoms with Gasteiger partial charge in [0.05, 0.1) is 12.2 Å². The molecule has 98 valence electrons. The molecule has 3 rings (SSSR count). The van der Waals surface area contributed by atoms with Gasteiger partial charge in [0.1, 0.15) is 5.75 Å². The minimum Gasteiger partial charge on any atom is -0.490 e. The van der Waals surface area contributed by atoms with Gasteiger partial charge in [-0.15, -0.1) is 0 Å². The molecule has 1 atom stereocenters. The van der Waals surface area contributed by atoms with E-state index in [4.69, 9.17) is 4.74 Å². The first-order valence-electron chi connectivity index (χ1n) is 7.20. The van der Waals surface area contributed by atoms with Gasteiger partial charge in [-0.25, -0.2) is 0 Å². The predicted molar refractivity (Wildman–Crippen MR) is 71.8 cm³/mol. The monoisotopic (exact) mass is 246 g/mol. The van der Waals surface area contributed by atoms with Crippen molar-refractivity contribution in [3.05, 3.63) is 29.3 Å². The Bertz CT molecular complexity index is 419. The number of ether oxygens (including phenoxy) is 1. The fraction of sp³-hybridized carbons (Fsp3) is 0.625. The topological polar surface area (TPSA) is 29.5 Å². The van der Waals surface area contributed by atoms with Crippen LogP contribution in [0.1, 0.15) is 56.3 Å². The lowest BCUT2D eigenvalue weighted by Crippen LogP contribution is -2.23. The van der Waals surface area contributed by atoms with Crippen molar-refractivity contribution in [3.63, 3.8) is 0 Å². The van der Waals surface area contributed by atoms with Gasteiger partial charge in [0.25, 0.3) is 0 Å². The second kappa shape index (κ2) is 4.93. The lowest BCUT2D eigenvalue weighted by atomic mass is 9.89. The molecule has 0 radical (unpaired) electrons. The van der Waals surface area contributed by atoms with Crippen LogP contribution < -0.4 is 4.74 Å². The zero-order chi connectivity index (χ0) is 12.5. The van der Waals surface area contributed by atoms with Gasteiger partial charge in [0.15, 0.2) is 0 Å². The highest BCUT2D eigenvalue weighted by Gasteiger charge is 2.22. The number of rotatable bonds is 2. The van der Waals surface area contributed by atoms with E-state index in [0.717, 1.165) is 30.1 Å². The summed E-state index contributed by atoms with van der Waals surface area (Å²) in [5.41, 5.74) is 2.36. The molecule has 1 fully saturated rings. The largest absolute Gasteiger partial charge is 0.490 e. The number of aryl methyl sites for hydroxylation is 1. The highest BCUT2D eigenvalue weighted by Crippen LogP contribution is 2.34. The third-order valence-corrected chi connectivity index (χ3v) is 4.43. The molecule has 0 saturated heterocycles. The maximum Gasteiger partial charge on any atom is 0.120 e. The summed E-state index contributed by atoms with van der Waals surface area (Å²) >= 11 is 0. The molecule has 0 aromatic heterocycles. The molecule has 2 heteroatoms. The Morgan fingerprint density at radius 3 is 2.67 bits per heavy atom. The number of aliphatic hydroxyl groups excluding tert-OH is 1. The molecule has 0 unspecified atom stereocenters. The molecule has 1 N–H and O–H groups in total. The van der Waals surface area contributed by atoms with E-state index in [0.29, 0.717) is 6.10 Å². The van der Waals surface area contributed by atoms with Crippen LogP contribution in [0.25, 0.3) is 0 Å². The molecule has 2 nitrogen and oxygen atoms in total. The molecule has 18 heavy (non-hydrogen) atoms. The minimum atomic E-state index is -0.260. The van der Waals surface area contributed by atoms with E-state index in [1.807, 2.05) is 12.1 Å². The summed E-state index contributed by atoms with van der Waals surface area (Å²) in [4.78, 5) is 0. The summed E-state index contributed by atoms with van der Waals surface area (Å²) in [7, 11) is 0. The molecule has 0 spiro atoms. The van der Waals surface area contributed by atoms with Crippen LogP contribution in [0.3, 0.4) is 0 Å². The number of hydrogen-bond acceptors (Lipinski definition) is 2. The zero-order valence-corrected chi connectivity index (χ0v) is 11.1. The van der Waals surface area contributed by atoms with Crippen LogP contribution in [0, 0.1) is 5.92 Å². The maximum absolute atomic E-state index is 9.78. The van der Waals surface area contributed by atoms with Crippen LogP contribution in [0.2, 0.25) is 0 Å². The smallest absolute Gasteiger partial charge is 0.120 e. The van der Waals surface area contributed by atoms with Crippen molar-refractivity contribution in [2.75, 3.05) is 0 Å². The van der Waals surface area contributed by atoms with E-state index < -0.39 is 0 Å². The Labute approximate surface area is 109 Å². The van der Waals surface area contributed by atoms with Crippen LogP contribution in [0.4, 0.5) is 0 Å². The number of hydrogen-bond donors (Lipinski definition) is 1. The van der Waals surface area contributed by atoms with Crippen molar-refractivity contribution in [2.24, 2.45) is 5.92 Å². The van der Waals surface area contributed by atoms with E-state index in [1.165, 1.54) is 31.2 Å². The Kier molecular flexibility index (Phi) is 3.29. The zero-order valence-electron chi connectivity index (χ0n) is 11.1. The number of benzene rings is 1. The molecule has 1 aromatic rings. The molecule has 0 bridgehead atoms. The van der Waals surface area contributed by atoms with E-state index in [9.17, 15) is 5.11 Å². The first-order valence-corrected chi connectivity index (χ1v) is 7.20. The Morgan fingerprint density at radius 2 is 1.89 bits per heavy atom. The standard InChI is InChI=1S/C16H22O2/c1-11-2-5-13(6-3-11)18-14-7-8-15-12(10-14)4-9-16(15)17/h7-8,10-11,13,16-17H,2-6,9H2,1H3/t11?,13?,16-/m1/s1. The second-order valence-corrected chi connectivity index (χ2v) is 5.91. The molecule has 0 amide bonds. The van der Waals surface area contributed by atoms with Gasteiger partial charge in [-0.3, -0.25) is 0 Å². The lowest BCUT2D eigenvalue weighted by molar-refractivity contribution is 0.135. The Morgan fingerprint density at radius 1 is 1.11 bits per heavy atom. The average molecular weight is 246 g/mol. The summed E-state index contributed by atoms with van der Waals surface area (Å²) in [5.74, 6) is 1.85. The molecular formula is C16H22O2. The first-order chi connectivity index (χ1) is 8.72. The van der Waals surface area contributed by atoms with Crippen molar-refractivity contribution in [2.45, 2.75) is 57.7 Å². The van der Waals surface area contributed by atoms with Crippen molar-refractivity contribution >= 4 is 0 Å². The quantitative estimate of drug-likeness (QED) is 0.863. The summed E-state index contributed by atoms with van der Waals surface area (Å²) in [6.07, 6.45) is 6.91. The Hall–Kier alpha value is -1.02. The van der Waals surface area contributed by atoms with Gasteiger partial charge < -0.3 is 9.84 Å². The van der Waals surface area contributed by atoms with Gasteiger partial charge in [-0.1, -0.05) is 13.0 Å². The van der Waals surface area contributed by atoms with Crippen LogP contribution >= 0.6 is 0 Å². The van der Waals surface area contributed by atoms with Gasteiger partial charge in [-0.05, 0) is 67.7 Å². The van der Waals surface area contributed by atoms with Gasteiger partial charge in [0.2, 0.25) is 0 Å². The molecule has 1 saturated carbocycles. The fourth-order valence-corrected chi connectivity index (χ4v) is 3.18. The molecule has 0 aliphatic heterocycles. The predicted octanol–water partition coefficient (Wildman–Crippen LogP) is 3.62. The summed E-state index contributed by atoms with van der Waals surface area (Å²) in [5, 5.41) is 9.78. The summed E-state index contributed by atoms with van der Waals surface area (Å²) < 4.78 is 6.08. The van der Waals surface area contributed by atoms with E-state index in [2.05, 4.69) is 13.0 Å². The Balaban J connectivity index is 1.67. The van der Waals surface area contributed by atoms with E-state index in [1.54, 1.807) is 0 Å². The molecular weight excluding hydrogens is 224 g/mol. The SMILES string of the molecule is CC1CCC(Oc2ccc3c(c2)CC[C@H]3O)CC1. The third-order valence-electron chi connectivity index (χ3n) is 4.43. The average Bonchev–Trinajstić information content (AvgIpc) is 2.74. The van der Waals surface area contributed by atoms with Crippen molar-refractivity contribution in [1.82, 2.24) is 0 Å². The third kappa shape index (κ3) is 2.39. The van der Waals surface area contributed by atoms with E-state index >= 15 is 0 Å². The van der Waals surface area contributed by atoms with E-state index in [-0.39, 0.29) is 6.10 Å². The highest BCUT2D eigenvalue weighted by molar-refractivity contribution is 5.39. The van der Waals surface area contributed by atoms with Crippen molar-refractivity contribution in [3.8, 4) is 5.75 Å². The normalized spacial score (nSPS) is 31.1. The maximum atomic E-state index is 9.78.